The van der Waals surface area contributed by atoms with Gasteiger partial charge in [-0.25, -0.2) is 0 Å². The van der Waals surface area contributed by atoms with Gasteiger partial charge in [0.25, 0.3) is 0 Å². The Morgan fingerprint density at radius 2 is 1.67 bits per heavy atom. The molecule has 0 bridgehead atoms. The predicted molar refractivity (Wildman–Crippen MR) is 93.4 cm³/mol. The second-order valence-electron chi connectivity index (χ2n) is 5.90. The van der Waals surface area contributed by atoms with Crippen LogP contribution in [0.3, 0.4) is 0 Å². The lowest BCUT2D eigenvalue weighted by Crippen LogP contribution is -2.02. The molecule has 0 amide bonds. The van der Waals surface area contributed by atoms with Crippen LogP contribution in [-0.4, -0.2) is 4.57 Å². The summed E-state index contributed by atoms with van der Waals surface area (Å²) in [6.45, 7) is 0. The van der Waals surface area contributed by atoms with Crippen molar-refractivity contribution in [1.29, 1.82) is 5.26 Å². The number of hydrogen-bond donors (Lipinski definition) is 1. The second-order valence-corrected chi connectivity index (χ2v) is 5.90. The van der Waals surface area contributed by atoms with Crippen molar-refractivity contribution in [2.45, 2.75) is 19.3 Å². The molecule has 0 fully saturated rings. The molecule has 4 rings (SSSR count). The van der Waals surface area contributed by atoms with E-state index < -0.39 is 0 Å². The van der Waals surface area contributed by atoms with E-state index in [1.54, 1.807) is 0 Å². The summed E-state index contributed by atoms with van der Waals surface area (Å²) in [4.78, 5) is 0. The SMILES string of the molecule is N#Cc1c(N)c2c(n1-c1ccc(Oc3ccccc3)cc1)CCC2. The first-order valence-corrected chi connectivity index (χ1v) is 8.03. The molecular weight excluding hydrogens is 298 g/mol. The fourth-order valence-electron chi connectivity index (χ4n) is 3.35. The molecule has 1 heterocycles. The molecule has 0 spiro atoms. The Morgan fingerprint density at radius 3 is 2.38 bits per heavy atom. The monoisotopic (exact) mass is 315 g/mol. The molecule has 3 aromatic rings. The topological polar surface area (TPSA) is 64.0 Å². The van der Waals surface area contributed by atoms with E-state index in [1.165, 1.54) is 5.69 Å². The van der Waals surface area contributed by atoms with E-state index in [9.17, 15) is 5.26 Å². The summed E-state index contributed by atoms with van der Waals surface area (Å²) < 4.78 is 7.81. The molecule has 2 N–H and O–H groups in total. The van der Waals surface area contributed by atoms with Gasteiger partial charge in [-0.3, -0.25) is 0 Å². The lowest BCUT2D eigenvalue weighted by atomic mass is 10.2. The Labute approximate surface area is 140 Å². The van der Waals surface area contributed by atoms with Crippen LogP contribution in [0.5, 0.6) is 11.5 Å². The van der Waals surface area contributed by atoms with Gasteiger partial charge < -0.3 is 15.0 Å². The normalized spacial score (nSPS) is 12.6. The van der Waals surface area contributed by atoms with Gasteiger partial charge in [0.15, 0.2) is 0 Å². The molecule has 4 nitrogen and oxygen atoms in total. The first kappa shape index (κ1) is 14.4. The lowest BCUT2D eigenvalue weighted by molar-refractivity contribution is 0.482. The first-order valence-electron chi connectivity index (χ1n) is 8.03. The van der Waals surface area contributed by atoms with Crippen LogP contribution >= 0.6 is 0 Å². The summed E-state index contributed by atoms with van der Waals surface area (Å²) in [5.41, 5.74) is 10.6. The summed E-state index contributed by atoms with van der Waals surface area (Å²) in [6, 6.07) is 19.7. The van der Waals surface area contributed by atoms with Crippen molar-refractivity contribution in [3.8, 4) is 23.3 Å². The van der Waals surface area contributed by atoms with Crippen molar-refractivity contribution in [3.05, 3.63) is 71.5 Å². The zero-order valence-corrected chi connectivity index (χ0v) is 13.2. The number of nitrogen functional groups attached to an aromatic ring is 1. The maximum Gasteiger partial charge on any atom is 0.148 e. The zero-order chi connectivity index (χ0) is 16.5. The van der Waals surface area contributed by atoms with Gasteiger partial charge in [0.2, 0.25) is 0 Å². The Morgan fingerprint density at radius 1 is 0.958 bits per heavy atom. The number of benzene rings is 2. The molecule has 1 aromatic heterocycles. The third-order valence-corrected chi connectivity index (χ3v) is 4.44. The van der Waals surface area contributed by atoms with Crippen molar-refractivity contribution in [1.82, 2.24) is 4.57 Å². The number of nitrogens with two attached hydrogens (primary N) is 1. The molecule has 4 heteroatoms. The summed E-state index contributed by atoms with van der Waals surface area (Å²) >= 11 is 0. The van der Waals surface area contributed by atoms with Gasteiger partial charge in [-0.1, -0.05) is 18.2 Å². The number of anilines is 1. The number of para-hydroxylation sites is 1. The van der Waals surface area contributed by atoms with Crippen molar-refractivity contribution >= 4 is 5.69 Å². The fourth-order valence-corrected chi connectivity index (χ4v) is 3.35. The Bertz CT molecular complexity index is 918. The quantitative estimate of drug-likeness (QED) is 0.787. The predicted octanol–water partition coefficient (Wildman–Crippen LogP) is 4.21. The van der Waals surface area contributed by atoms with E-state index in [1.807, 2.05) is 59.2 Å². The van der Waals surface area contributed by atoms with E-state index in [0.717, 1.165) is 42.0 Å². The highest BCUT2D eigenvalue weighted by atomic mass is 16.5. The second kappa shape index (κ2) is 5.78. The molecule has 1 aliphatic rings. The summed E-state index contributed by atoms with van der Waals surface area (Å²) in [5, 5.41) is 9.49. The number of ether oxygens (including phenoxy) is 1. The molecule has 2 aromatic carbocycles. The highest BCUT2D eigenvalue weighted by Gasteiger charge is 2.25. The van der Waals surface area contributed by atoms with Crippen LogP contribution < -0.4 is 10.5 Å². The number of aromatic nitrogens is 1. The standard InChI is InChI=1S/C20H17N3O/c21-13-19-20(22)17-7-4-8-18(17)23(19)14-9-11-16(12-10-14)24-15-5-2-1-3-6-15/h1-3,5-6,9-12H,4,7-8,22H2. The molecule has 0 unspecified atom stereocenters. The maximum absolute atomic E-state index is 9.49. The van der Waals surface area contributed by atoms with Crippen molar-refractivity contribution < 1.29 is 4.74 Å². The number of fused-ring (bicyclic) bond motifs is 1. The average molecular weight is 315 g/mol. The molecule has 0 saturated heterocycles. The number of rotatable bonds is 3. The lowest BCUT2D eigenvalue weighted by Gasteiger charge is -2.11. The van der Waals surface area contributed by atoms with E-state index in [-0.39, 0.29) is 0 Å². The molecule has 0 radical (unpaired) electrons. The van der Waals surface area contributed by atoms with Crippen LogP contribution in [0.2, 0.25) is 0 Å². The average Bonchev–Trinajstić information content (AvgIpc) is 3.19. The number of nitrogens with zero attached hydrogens (tertiary/aromatic N) is 2. The fraction of sp³-hybridized carbons (Fsp3) is 0.150. The van der Waals surface area contributed by atoms with E-state index in [4.69, 9.17) is 10.5 Å². The highest BCUT2D eigenvalue weighted by Crippen LogP contribution is 2.35. The molecule has 0 aliphatic heterocycles. The molecule has 0 atom stereocenters. The van der Waals surface area contributed by atoms with Gasteiger partial charge in [-0.05, 0) is 61.2 Å². The van der Waals surface area contributed by atoms with Crippen LogP contribution in [0.1, 0.15) is 23.4 Å². The first-order chi connectivity index (χ1) is 11.8. The molecule has 0 saturated carbocycles. The van der Waals surface area contributed by atoms with Crippen LogP contribution in [0.15, 0.2) is 54.6 Å². The van der Waals surface area contributed by atoms with Crippen molar-refractivity contribution in [2.75, 3.05) is 5.73 Å². The van der Waals surface area contributed by atoms with Crippen LogP contribution in [0.4, 0.5) is 5.69 Å². The summed E-state index contributed by atoms with van der Waals surface area (Å²) in [5.74, 6) is 1.56. The van der Waals surface area contributed by atoms with Gasteiger partial charge in [0.1, 0.15) is 23.3 Å². The van der Waals surface area contributed by atoms with E-state index in [2.05, 4.69) is 6.07 Å². The minimum Gasteiger partial charge on any atom is -0.457 e. The Kier molecular flexibility index (Phi) is 3.47. The van der Waals surface area contributed by atoms with Gasteiger partial charge >= 0.3 is 0 Å². The van der Waals surface area contributed by atoms with Gasteiger partial charge in [0.05, 0.1) is 5.69 Å². The third-order valence-electron chi connectivity index (χ3n) is 4.44. The number of nitriles is 1. The number of hydrogen-bond acceptors (Lipinski definition) is 3. The van der Waals surface area contributed by atoms with Crippen molar-refractivity contribution in [3.63, 3.8) is 0 Å². The van der Waals surface area contributed by atoms with Crippen LogP contribution in [0.25, 0.3) is 5.69 Å². The van der Waals surface area contributed by atoms with E-state index >= 15 is 0 Å². The molecule has 24 heavy (non-hydrogen) atoms. The molecule has 118 valence electrons. The maximum atomic E-state index is 9.49. The molecule has 1 aliphatic carbocycles. The minimum absolute atomic E-state index is 0.538. The zero-order valence-electron chi connectivity index (χ0n) is 13.2. The van der Waals surface area contributed by atoms with Crippen molar-refractivity contribution in [2.24, 2.45) is 0 Å². The third kappa shape index (κ3) is 2.31. The largest absolute Gasteiger partial charge is 0.457 e. The smallest absolute Gasteiger partial charge is 0.148 e. The van der Waals surface area contributed by atoms with Crippen LogP contribution in [0, 0.1) is 11.3 Å². The van der Waals surface area contributed by atoms with Gasteiger partial charge in [-0.2, -0.15) is 5.26 Å². The molecular formula is C20H17N3O. The van der Waals surface area contributed by atoms with Gasteiger partial charge in [-0.15, -0.1) is 0 Å². The van der Waals surface area contributed by atoms with Crippen LogP contribution in [-0.2, 0) is 12.8 Å². The van der Waals surface area contributed by atoms with Gasteiger partial charge in [0, 0.05) is 11.4 Å². The van der Waals surface area contributed by atoms with E-state index in [0.29, 0.717) is 11.4 Å². The Hall–Kier alpha value is -3.19. The highest BCUT2D eigenvalue weighted by molar-refractivity contribution is 5.65. The summed E-state index contributed by atoms with van der Waals surface area (Å²) in [6.07, 6.45) is 3.01. The Balaban J connectivity index is 1.69. The summed E-state index contributed by atoms with van der Waals surface area (Å²) in [7, 11) is 0. The minimum atomic E-state index is 0.538.